The summed E-state index contributed by atoms with van der Waals surface area (Å²) < 4.78 is 0.729. The molecular formula is C11H9BrN2OS. The summed E-state index contributed by atoms with van der Waals surface area (Å²) in [6, 6.07) is 3.60. The number of ketones is 1. The highest BCUT2D eigenvalue weighted by atomic mass is 79.9. The fourth-order valence-corrected chi connectivity index (χ4v) is 2.42. The number of halogens is 1. The number of thiazole rings is 1. The summed E-state index contributed by atoms with van der Waals surface area (Å²) in [6.07, 6.45) is 1.92. The molecule has 0 aliphatic heterocycles. The summed E-state index contributed by atoms with van der Waals surface area (Å²) in [4.78, 5) is 20.2. The van der Waals surface area contributed by atoms with E-state index >= 15 is 0 Å². The van der Waals surface area contributed by atoms with E-state index in [-0.39, 0.29) is 5.78 Å². The van der Waals surface area contributed by atoms with Crippen LogP contribution in [0, 0.1) is 6.92 Å². The van der Waals surface area contributed by atoms with Crippen molar-refractivity contribution in [3.05, 3.63) is 44.6 Å². The smallest absolute Gasteiger partial charge is 0.188 e. The first kappa shape index (κ1) is 11.4. The maximum absolute atomic E-state index is 11.9. The van der Waals surface area contributed by atoms with Gasteiger partial charge in [-0.25, -0.2) is 4.98 Å². The lowest BCUT2D eigenvalue weighted by Gasteiger charge is -2.00. The van der Waals surface area contributed by atoms with Crippen LogP contribution >= 0.6 is 27.3 Å². The molecular weight excluding hydrogens is 288 g/mol. The van der Waals surface area contributed by atoms with Crippen LogP contribution in [0.2, 0.25) is 0 Å². The summed E-state index contributed by atoms with van der Waals surface area (Å²) in [5.41, 5.74) is 1.28. The minimum atomic E-state index is -0.0159. The lowest BCUT2D eigenvalue weighted by molar-refractivity contribution is 0.0986. The van der Waals surface area contributed by atoms with Crippen molar-refractivity contribution in [2.75, 3.05) is 0 Å². The van der Waals surface area contributed by atoms with E-state index in [9.17, 15) is 4.79 Å². The molecule has 0 amide bonds. The molecule has 0 atom stereocenters. The monoisotopic (exact) mass is 296 g/mol. The lowest BCUT2D eigenvalue weighted by atomic mass is 10.1. The molecule has 5 heteroatoms. The van der Waals surface area contributed by atoms with E-state index in [2.05, 4.69) is 25.9 Å². The first-order valence-electron chi connectivity index (χ1n) is 4.71. The van der Waals surface area contributed by atoms with Gasteiger partial charge in [0.1, 0.15) is 5.69 Å². The van der Waals surface area contributed by atoms with Crippen LogP contribution in [0.3, 0.4) is 0 Å². The highest BCUT2D eigenvalue weighted by Crippen LogP contribution is 2.16. The standard InChI is InChI=1S/C11H9BrN2OS/c1-7-14-8(6-16-7)5-10(15)11-9(12)3-2-4-13-11/h2-4,6H,5H2,1H3. The Kier molecular flexibility index (Phi) is 3.46. The van der Waals surface area contributed by atoms with Crippen LogP contribution in [0.4, 0.5) is 0 Å². The van der Waals surface area contributed by atoms with Gasteiger partial charge in [0.25, 0.3) is 0 Å². The Balaban J connectivity index is 2.18. The van der Waals surface area contributed by atoms with Crippen LogP contribution in [-0.4, -0.2) is 15.8 Å². The molecule has 82 valence electrons. The zero-order valence-electron chi connectivity index (χ0n) is 8.61. The summed E-state index contributed by atoms with van der Waals surface area (Å²) >= 11 is 4.86. The Morgan fingerprint density at radius 3 is 3.00 bits per heavy atom. The number of carbonyl (C=O) groups is 1. The van der Waals surface area contributed by atoms with Gasteiger partial charge < -0.3 is 0 Å². The Hall–Kier alpha value is -1.07. The van der Waals surface area contributed by atoms with Gasteiger partial charge in [0, 0.05) is 16.0 Å². The van der Waals surface area contributed by atoms with Crippen LogP contribution in [0.1, 0.15) is 21.2 Å². The predicted octanol–water partition coefficient (Wildman–Crippen LogP) is 3.03. The number of nitrogens with zero attached hydrogens (tertiary/aromatic N) is 2. The van der Waals surface area contributed by atoms with Crippen molar-refractivity contribution in [3.8, 4) is 0 Å². The molecule has 0 spiro atoms. The summed E-state index contributed by atoms with van der Waals surface area (Å²) in [7, 11) is 0. The van der Waals surface area contributed by atoms with E-state index in [0.29, 0.717) is 12.1 Å². The summed E-state index contributed by atoms with van der Waals surface area (Å²) in [5.74, 6) is -0.0159. The van der Waals surface area contributed by atoms with Crippen molar-refractivity contribution >= 4 is 33.0 Å². The number of rotatable bonds is 3. The maximum Gasteiger partial charge on any atom is 0.188 e. The fourth-order valence-electron chi connectivity index (χ4n) is 1.33. The third-order valence-electron chi connectivity index (χ3n) is 2.03. The highest BCUT2D eigenvalue weighted by Gasteiger charge is 2.13. The Morgan fingerprint density at radius 2 is 2.38 bits per heavy atom. The Bertz CT molecular complexity index is 524. The van der Waals surface area contributed by atoms with E-state index < -0.39 is 0 Å². The number of pyridine rings is 1. The van der Waals surface area contributed by atoms with Gasteiger partial charge in [-0.1, -0.05) is 0 Å². The number of aryl methyl sites for hydroxylation is 1. The number of hydrogen-bond acceptors (Lipinski definition) is 4. The number of aromatic nitrogens is 2. The first-order chi connectivity index (χ1) is 7.66. The van der Waals surface area contributed by atoms with Gasteiger partial charge in [-0.3, -0.25) is 9.78 Å². The molecule has 2 aromatic heterocycles. The predicted molar refractivity (Wildman–Crippen MR) is 66.8 cm³/mol. The van der Waals surface area contributed by atoms with E-state index in [1.165, 1.54) is 0 Å². The SMILES string of the molecule is Cc1nc(CC(=O)c2ncccc2Br)cs1. The van der Waals surface area contributed by atoms with Crippen molar-refractivity contribution in [1.82, 2.24) is 9.97 Å². The average molecular weight is 297 g/mol. The van der Waals surface area contributed by atoms with Gasteiger partial charge >= 0.3 is 0 Å². The van der Waals surface area contributed by atoms with Crippen molar-refractivity contribution < 1.29 is 4.79 Å². The molecule has 0 aliphatic carbocycles. The minimum Gasteiger partial charge on any atom is -0.292 e. The van der Waals surface area contributed by atoms with Crippen LogP contribution in [0.25, 0.3) is 0 Å². The van der Waals surface area contributed by atoms with Crippen LogP contribution in [0.15, 0.2) is 28.2 Å². The second kappa shape index (κ2) is 4.84. The topological polar surface area (TPSA) is 42.9 Å². The number of hydrogen-bond donors (Lipinski definition) is 0. The van der Waals surface area contributed by atoms with E-state index in [1.807, 2.05) is 18.4 Å². The van der Waals surface area contributed by atoms with Gasteiger partial charge in [0.15, 0.2) is 5.78 Å². The van der Waals surface area contributed by atoms with Crippen LogP contribution in [0.5, 0.6) is 0 Å². The molecule has 0 saturated carbocycles. The molecule has 3 nitrogen and oxygen atoms in total. The molecule has 0 bridgehead atoms. The Morgan fingerprint density at radius 1 is 1.56 bits per heavy atom. The zero-order chi connectivity index (χ0) is 11.5. The molecule has 0 saturated heterocycles. The Labute approximate surface area is 106 Å². The summed E-state index contributed by atoms with van der Waals surface area (Å²) in [5, 5.41) is 2.88. The van der Waals surface area contributed by atoms with E-state index in [0.717, 1.165) is 15.2 Å². The maximum atomic E-state index is 11.9. The van der Waals surface area contributed by atoms with Gasteiger partial charge in [0.2, 0.25) is 0 Å². The van der Waals surface area contributed by atoms with Crippen LogP contribution in [-0.2, 0) is 6.42 Å². The molecule has 0 N–H and O–H groups in total. The largest absolute Gasteiger partial charge is 0.292 e. The molecule has 2 aromatic rings. The molecule has 2 rings (SSSR count). The molecule has 0 aromatic carbocycles. The third-order valence-corrected chi connectivity index (χ3v) is 3.49. The quantitative estimate of drug-likeness (QED) is 0.818. The molecule has 0 fully saturated rings. The number of carbonyl (C=O) groups excluding carboxylic acids is 1. The molecule has 2 heterocycles. The second-order valence-electron chi connectivity index (χ2n) is 3.29. The van der Waals surface area contributed by atoms with Gasteiger partial charge in [-0.2, -0.15) is 0 Å². The fraction of sp³-hybridized carbons (Fsp3) is 0.182. The van der Waals surface area contributed by atoms with Crippen molar-refractivity contribution in [3.63, 3.8) is 0 Å². The zero-order valence-corrected chi connectivity index (χ0v) is 11.0. The highest BCUT2D eigenvalue weighted by molar-refractivity contribution is 9.10. The average Bonchev–Trinajstić information content (AvgIpc) is 2.64. The van der Waals surface area contributed by atoms with Crippen molar-refractivity contribution in [2.45, 2.75) is 13.3 Å². The first-order valence-corrected chi connectivity index (χ1v) is 6.39. The second-order valence-corrected chi connectivity index (χ2v) is 5.21. The molecule has 0 unspecified atom stereocenters. The van der Waals surface area contributed by atoms with E-state index in [1.54, 1.807) is 23.6 Å². The lowest BCUT2D eigenvalue weighted by Crippen LogP contribution is -2.07. The normalized spacial score (nSPS) is 10.4. The van der Waals surface area contributed by atoms with Crippen LogP contribution < -0.4 is 0 Å². The van der Waals surface area contributed by atoms with Gasteiger partial charge in [-0.15, -0.1) is 11.3 Å². The number of Topliss-reactive ketones (excluding diaryl/α,β-unsaturated/α-hetero) is 1. The van der Waals surface area contributed by atoms with Crippen molar-refractivity contribution in [2.24, 2.45) is 0 Å². The third kappa shape index (κ3) is 2.54. The molecule has 0 radical (unpaired) electrons. The molecule has 16 heavy (non-hydrogen) atoms. The van der Waals surface area contributed by atoms with E-state index in [4.69, 9.17) is 0 Å². The summed E-state index contributed by atoms with van der Waals surface area (Å²) in [6.45, 7) is 1.93. The van der Waals surface area contributed by atoms with Gasteiger partial charge in [-0.05, 0) is 35.0 Å². The minimum absolute atomic E-state index is 0.0159. The van der Waals surface area contributed by atoms with Crippen molar-refractivity contribution in [1.29, 1.82) is 0 Å². The van der Waals surface area contributed by atoms with Gasteiger partial charge in [0.05, 0.1) is 17.1 Å². The molecule has 0 aliphatic rings.